The van der Waals surface area contributed by atoms with Gasteiger partial charge < -0.3 is 4.83 Å². The van der Waals surface area contributed by atoms with Gasteiger partial charge in [0.05, 0.1) is 16.1 Å². The fourth-order valence-electron chi connectivity index (χ4n) is 1.43. The van der Waals surface area contributed by atoms with Gasteiger partial charge >= 0.3 is 0 Å². The Bertz CT molecular complexity index is 569. The van der Waals surface area contributed by atoms with Crippen LogP contribution < -0.4 is 0 Å². The number of benzene rings is 1. The van der Waals surface area contributed by atoms with Gasteiger partial charge in [-0.15, -0.1) is 0 Å². The number of hydrogen-bond donors (Lipinski definition) is 0. The Hall–Kier alpha value is -0.530. The molecule has 0 saturated heterocycles. The lowest BCUT2D eigenvalue weighted by atomic mass is 10.1. The zero-order valence-electron chi connectivity index (χ0n) is 9.95. The van der Waals surface area contributed by atoms with E-state index in [1.54, 1.807) is 12.1 Å². The standard InChI is InChI=1S/C11H13BrN2O2S2/c1-8-7-14(17-9(8)2)13-18(15,16)11-5-3-10(12)4-6-11/h3-9H,1-2H3. The van der Waals surface area contributed by atoms with Crippen molar-refractivity contribution in [3.8, 4) is 0 Å². The largest absolute Gasteiger partial charge is 0.310 e. The molecule has 0 radical (unpaired) electrons. The number of halogens is 1. The molecule has 0 fully saturated rings. The molecule has 0 N–H and O–H groups in total. The summed E-state index contributed by atoms with van der Waals surface area (Å²) in [6.07, 6.45) is 1.83. The van der Waals surface area contributed by atoms with Crippen LogP contribution in [0, 0.1) is 5.92 Å². The van der Waals surface area contributed by atoms with Crippen molar-refractivity contribution in [2.75, 3.05) is 0 Å². The molecule has 0 aliphatic carbocycles. The Morgan fingerprint density at radius 2 is 1.89 bits per heavy atom. The summed E-state index contributed by atoms with van der Waals surface area (Å²) in [4.78, 5) is 4.01. The van der Waals surface area contributed by atoms with Crippen LogP contribution in [0.4, 0.5) is 0 Å². The van der Waals surface area contributed by atoms with Gasteiger partial charge in [-0.3, -0.25) is 0 Å². The second-order valence-corrected chi connectivity index (χ2v) is 7.96. The van der Waals surface area contributed by atoms with Gasteiger partial charge in [0.15, 0.2) is 28.2 Å². The normalized spacial score (nSPS) is 23.8. The summed E-state index contributed by atoms with van der Waals surface area (Å²) >= 11 is 4.69. The van der Waals surface area contributed by atoms with E-state index in [1.165, 1.54) is 28.2 Å². The van der Waals surface area contributed by atoms with Gasteiger partial charge in [0, 0.05) is 4.47 Å². The number of sulfonamides is 1. The summed E-state index contributed by atoms with van der Waals surface area (Å²) in [6, 6.07) is 6.45. The molecular formula is C11H13BrN2O2S2. The highest BCUT2D eigenvalue weighted by atomic mass is 79.9. The van der Waals surface area contributed by atoms with E-state index in [9.17, 15) is 8.42 Å². The van der Waals surface area contributed by atoms with E-state index in [1.807, 2.05) is 20.1 Å². The first-order valence-corrected chi connectivity index (χ1v) is 8.50. The Kier molecular flexibility index (Phi) is 4.03. The second-order valence-electron chi connectivity index (χ2n) is 4.13. The van der Waals surface area contributed by atoms with Crippen molar-refractivity contribution in [1.29, 1.82) is 0 Å². The maximum atomic E-state index is 12.1. The first-order chi connectivity index (χ1) is 8.38. The average molecular weight is 349 g/mol. The van der Waals surface area contributed by atoms with Crippen LogP contribution in [0.2, 0.25) is 0 Å². The van der Waals surface area contributed by atoms with Gasteiger partial charge in [-0.25, -0.2) is 8.42 Å². The quantitative estimate of drug-likeness (QED) is 0.622. The molecule has 1 aliphatic heterocycles. The molecule has 98 valence electrons. The van der Waals surface area contributed by atoms with Crippen LogP contribution in [-0.2, 0) is 10.0 Å². The molecule has 1 heterocycles. The molecule has 4 nitrogen and oxygen atoms in total. The summed E-state index contributed by atoms with van der Waals surface area (Å²) in [7, 11) is -3.63. The van der Waals surface area contributed by atoms with E-state index >= 15 is 0 Å². The van der Waals surface area contributed by atoms with Crippen molar-refractivity contribution in [3.63, 3.8) is 0 Å². The first kappa shape index (κ1) is 13.9. The third-order valence-electron chi connectivity index (χ3n) is 2.68. The van der Waals surface area contributed by atoms with E-state index in [2.05, 4.69) is 20.8 Å². The highest BCUT2D eigenvalue weighted by molar-refractivity contribution is 9.10. The van der Waals surface area contributed by atoms with Gasteiger partial charge in [0.25, 0.3) is 0 Å². The zero-order valence-corrected chi connectivity index (χ0v) is 13.2. The van der Waals surface area contributed by atoms with E-state index in [4.69, 9.17) is 0 Å². The topological polar surface area (TPSA) is 51.2 Å². The smallest absolute Gasteiger partial charge is 0.168 e. The molecule has 0 amide bonds. The van der Waals surface area contributed by atoms with Crippen molar-refractivity contribution in [1.82, 2.24) is 0 Å². The number of nitrogens with zero attached hydrogens (tertiary/aromatic N) is 2. The molecule has 2 atom stereocenters. The molecule has 1 aromatic rings. The molecule has 7 heteroatoms. The Labute approximate surface area is 120 Å². The molecule has 0 bridgehead atoms. The monoisotopic (exact) mass is 348 g/mol. The predicted molar refractivity (Wildman–Crippen MR) is 77.2 cm³/mol. The van der Waals surface area contributed by atoms with Gasteiger partial charge in [0.2, 0.25) is 0 Å². The zero-order chi connectivity index (χ0) is 13.3. The molecule has 1 aliphatic rings. The Morgan fingerprint density at radius 1 is 1.28 bits per heavy atom. The predicted octanol–water partition coefficient (Wildman–Crippen LogP) is 3.20. The summed E-state index contributed by atoms with van der Waals surface area (Å²) in [5, 5.41) is 0.342. The minimum Gasteiger partial charge on any atom is -0.310 e. The summed E-state index contributed by atoms with van der Waals surface area (Å²) < 4.78 is 26.4. The van der Waals surface area contributed by atoms with Gasteiger partial charge in [0.1, 0.15) is 0 Å². The molecule has 18 heavy (non-hydrogen) atoms. The van der Waals surface area contributed by atoms with Crippen molar-refractivity contribution in [2.24, 2.45) is 5.92 Å². The minimum absolute atomic E-state index is 0.201. The van der Waals surface area contributed by atoms with Crippen LogP contribution in [0.1, 0.15) is 13.8 Å². The summed E-state index contributed by atoms with van der Waals surface area (Å²) in [5.41, 5.74) is 0. The van der Waals surface area contributed by atoms with E-state index in [0.717, 1.165) is 4.47 Å². The highest BCUT2D eigenvalue weighted by Gasteiger charge is 2.27. The summed E-state index contributed by atoms with van der Waals surface area (Å²) in [5.74, 6) is 0.318. The summed E-state index contributed by atoms with van der Waals surface area (Å²) in [6.45, 7) is 4.09. The van der Waals surface area contributed by atoms with Crippen LogP contribution >= 0.6 is 27.9 Å². The molecule has 0 spiro atoms. The van der Waals surface area contributed by atoms with E-state index in [0.29, 0.717) is 11.2 Å². The average Bonchev–Trinajstić information content (AvgIpc) is 2.57. The fraction of sp³-hybridized carbons (Fsp3) is 0.364. The lowest BCUT2D eigenvalue weighted by Crippen LogP contribution is -2.05. The third-order valence-corrected chi connectivity index (χ3v) is 5.75. The number of rotatable bonds is 3. The maximum Gasteiger partial charge on any atom is 0.168 e. The van der Waals surface area contributed by atoms with Crippen LogP contribution in [0.5, 0.6) is 0 Å². The van der Waals surface area contributed by atoms with Crippen molar-refractivity contribution in [3.05, 3.63) is 33.6 Å². The van der Waals surface area contributed by atoms with Gasteiger partial charge in [-0.2, -0.15) is 4.09 Å². The van der Waals surface area contributed by atoms with Crippen molar-refractivity contribution < 1.29 is 12.5 Å². The molecule has 0 aromatic heterocycles. The highest BCUT2D eigenvalue weighted by Crippen LogP contribution is 2.30. The SMILES string of the molecule is CC1C=[N+]([N-]S(=O)(=O)c2ccc(Br)cc2)SC1C. The van der Waals surface area contributed by atoms with Crippen LogP contribution in [0.3, 0.4) is 0 Å². The lowest BCUT2D eigenvalue weighted by molar-refractivity contribution is -0.261. The van der Waals surface area contributed by atoms with Crippen molar-refractivity contribution in [2.45, 2.75) is 24.0 Å². The Balaban J connectivity index is 2.18. The Morgan fingerprint density at radius 3 is 2.39 bits per heavy atom. The third kappa shape index (κ3) is 3.07. The molecule has 2 rings (SSSR count). The minimum atomic E-state index is -3.63. The lowest BCUT2D eigenvalue weighted by Gasteiger charge is -2.14. The maximum absolute atomic E-state index is 12.1. The fourth-order valence-corrected chi connectivity index (χ4v) is 3.82. The second kappa shape index (κ2) is 5.22. The molecule has 0 saturated carbocycles. The van der Waals surface area contributed by atoms with Crippen molar-refractivity contribution >= 4 is 44.1 Å². The van der Waals surface area contributed by atoms with E-state index < -0.39 is 10.0 Å². The van der Waals surface area contributed by atoms with Crippen LogP contribution in [0.25, 0.3) is 4.83 Å². The first-order valence-electron chi connectivity index (χ1n) is 5.43. The van der Waals surface area contributed by atoms with Gasteiger partial charge in [-0.1, -0.05) is 22.9 Å². The van der Waals surface area contributed by atoms with E-state index in [-0.39, 0.29) is 4.90 Å². The van der Waals surface area contributed by atoms with Crippen LogP contribution in [-0.4, -0.2) is 24.0 Å². The number of hydrogen-bond acceptors (Lipinski definition) is 3. The molecular weight excluding hydrogens is 336 g/mol. The molecule has 1 aromatic carbocycles. The molecule has 2 unspecified atom stereocenters. The van der Waals surface area contributed by atoms with Gasteiger partial charge in [-0.05, 0) is 31.2 Å². The van der Waals surface area contributed by atoms with Crippen LogP contribution in [0.15, 0.2) is 33.6 Å².